The third kappa shape index (κ3) is 4.88. The molecule has 0 aliphatic carbocycles. The molecule has 0 radical (unpaired) electrons. The van der Waals surface area contributed by atoms with E-state index in [4.69, 9.17) is 4.74 Å². The summed E-state index contributed by atoms with van der Waals surface area (Å²) in [6.07, 6.45) is 0.822. The summed E-state index contributed by atoms with van der Waals surface area (Å²) in [5.41, 5.74) is 2.85. The number of rotatable bonds is 4. The van der Waals surface area contributed by atoms with Gasteiger partial charge in [0.25, 0.3) is 0 Å². The van der Waals surface area contributed by atoms with Gasteiger partial charge in [-0.15, -0.1) is 0 Å². The second-order valence-electron chi connectivity index (χ2n) is 8.21. The molecule has 9 heteroatoms. The second kappa shape index (κ2) is 9.66. The Kier molecular flexibility index (Phi) is 6.69. The number of allylic oxidation sites excluding steroid dienone is 1. The summed E-state index contributed by atoms with van der Waals surface area (Å²) in [7, 11) is 1.54. The zero-order valence-corrected chi connectivity index (χ0v) is 19.1. The third-order valence-corrected chi connectivity index (χ3v) is 5.66. The van der Waals surface area contributed by atoms with Crippen molar-refractivity contribution in [3.8, 4) is 5.75 Å². The van der Waals surface area contributed by atoms with Crippen LogP contribution in [0, 0.1) is 5.82 Å². The highest BCUT2D eigenvalue weighted by Gasteiger charge is 2.26. The quantitative estimate of drug-likeness (QED) is 0.542. The number of benzene rings is 1. The van der Waals surface area contributed by atoms with Crippen LogP contribution in [0.1, 0.15) is 30.7 Å². The number of pyridine rings is 1. The van der Waals surface area contributed by atoms with E-state index in [1.54, 1.807) is 6.07 Å². The summed E-state index contributed by atoms with van der Waals surface area (Å²) < 4.78 is 35.0. The van der Waals surface area contributed by atoms with Gasteiger partial charge in [0.05, 0.1) is 12.2 Å². The van der Waals surface area contributed by atoms with Gasteiger partial charge in [-0.3, -0.25) is 4.99 Å². The van der Waals surface area contributed by atoms with Crippen LogP contribution in [-0.4, -0.2) is 49.4 Å². The molecule has 0 saturated heterocycles. The van der Waals surface area contributed by atoms with Crippen LogP contribution >= 0.6 is 0 Å². The maximum absolute atomic E-state index is 14.9. The third-order valence-electron chi connectivity index (χ3n) is 5.66. The van der Waals surface area contributed by atoms with E-state index >= 15 is 0 Å². The Labute approximate surface area is 192 Å². The maximum atomic E-state index is 14.9. The summed E-state index contributed by atoms with van der Waals surface area (Å²) in [6, 6.07) is 6.83. The number of fused-ring (bicyclic) bond motifs is 2. The Morgan fingerprint density at radius 1 is 1.33 bits per heavy atom. The van der Waals surface area contributed by atoms with Crippen LogP contribution in [-0.2, 0) is 13.0 Å². The van der Waals surface area contributed by atoms with E-state index in [0.717, 1.165) is 30.8 Å². The minimum atomic E-state index is -0.797. The molecule has 0 bridgehead atoms. The first-order chi connectivity index (χ1) is 15.9. The van der Waals surface area contributed by atoms with Crippen molar-refractivity contribution in [1.82, 2.24) is 10.3 Å². The number of nitrogens with one attached hydrogen (secondary N) is 2. The average Bonchev–Trinajstić information content (AvgIpc) is 2.80. The number of anilines is 2. The van der Waals surface area contributed by atoms with Crippen LogP contribution in [0.25, 0.3) is 0 Å². The maximum Gasteiger partial charge on any atom is 0.224 e. The lowest BCUT2D eigenvalue weighted by molar-refractivity contribution is 0.287. The smallest absolute Gasteiger partial charge is 0.224 e. The zero-order valence-electron chi connectivity index (χ0n) is 19.1. The highest BCUT2D eigenvalue weighted by molar-refractivity contribution is 6.17. The summed E-state index contributed by atoms with van der Waals surface area (Å²) in [5, 5.41) is 6.34. The van der Waals surface area contributed by atoms with Gasteiger partial charge < -0.3 is 20.3 Å². The second-order valence-corrected chi connectivity index (χ2v) is 8.21. The highest BCUT2D eigenvalue weighted by Crippen LogP contribution is 2.37. The van der Waals surface area contributed by atoms with Gasteiger partial charge in [-0.2, -0.15) is 0 Å². The fourth-order valence-electron chi connectivity index (χ4n) is 4.02. The SMILES string of the molecule is C=C(F)/C(=N\C(=N/C)Nc1ccc2c(n1)CCNC2)c1cc(F)c2c(c1)N(C(C)C)CCO2. The molecule has 0 amide bonds. The molecule has 0 saturated carbocycles. The van der Waals surface area contributed by atoms with Crippen LogP contribution in [0.2, 0.25) is 0 Å². The number of halogens is 2. The van der Waals surface area contributed by atoms with Crippen LogP contribution < -0.4 is 20.3 Å². The van der Waals surface area contributed by atoms with Crippen molar-refractivity contribution < 1.29 is 13.5 Å². The lowest BCUT2D eigenvalue weighted by Gasteiger charge is -2.34. The Morgan fingerprint density at radius 2 is 2.15 bits per heavy atom. The number of nitrogens with zero attached hydrogens (tertiary/aromatic N) is 4. The molecule has 2 N–H and O–H groups in total. The Morgan fingerprint density at radius 3 is 2.88 bits per heavy atom. The highest BCUT2D eigenvalue weighted by atomic mass is 19.1. The van der Waals surface area contributed by atoms with Gasteiger partial charge in [0.2, 0.25) is 5.96 Å². The number of aromatic nitrogens is 1. The Bertz CT molecular complexity index is 1130. The molecule has 4 rings (SSSR count). The minimum Gasteiger partial charge on any atom is -0.486 e. The monoisotopic (exact) mass is 454 g/mol. The fraction of sp³-hybridized carbons (Fsp3) is 0.375. The molecule has 174 valence electrons. The van der Waals surface area contributed by atoms with E-state index in [0.29, 0.717) is 24.7 Å². The van der Waals surface area contributed by atoms with Crippen molar-refractivity contribution in [3.63, 3.8) is 0 Å². The van der Waals surface area contributed by atoms with Crippen molar-refractivity contribution in [2.24, 2.45) is 9.98 Å². The van der Waals surface area contributed by atoms with Crippen LogP contribution in [0.3, 0.4) is 0 Å². The van der Waals surface area contributed by atoms with E-state index in [-0.39, 0.29) is 29.0 Å². The lowest BCUT2D eigenvalue weighted by Crippen LogP contribution is -2.38. The summed E-state index contributed by atoms with van der Waals surface area (Å²) >= 11 is 0. The normalized spacial score (nSPS) is 16.2. The number of aliphatic imine (C=N–C) groups is 2. The van der Waals surface area contributed by atoms with E-state index in [2.05, 4.69) is 32.2 Å². The number of ether oxygens (including phenoxy) is 1. The number of hydrogen-bond acceptors (Lipinski definition) is 5. The van der Waals surface area contributed by atoms with Crippen molar-refractivity contribution in [2.75, 3.05) is 37.0 Å². The molecular formula is C24H28F2N6O. The summed E-state index contributed by atoms with van der Waals surface area (Å²) in [6.45, 7) is 10.1. The largest absolute Gasteiger partial charge is 0.486 e. The van der Waals surface area contributed by atoms with Gasteiger partial charge in [0, 0.05) is 43.9 Å². The van der Waals surface area contributed by atoms with Crippen molar-refractivity contribution >= 4 is 23.2 Å². The first-order valence-corrected chi connectivity index (χ1v) is 11.0. The molecular weight excluding hydrogens is 426 g/mol. The molecule has 7 nitrogen and oxygen atoms in total. The molecule has 33 heavy (non-hydrogen) atoms. The van der Waals surface area contributed by atoms with Crippen molar-refractivity contribution in [1.29, 1.82) is 0 Å². The number of hydrogen-bond donors (Lipinski definition) is 2. The molecule has 1 aromatic heterocycles. The predicted molar refractivity (Wildman–Crippen MR) is 128 cm³/mol. The van der Waals surface area contributed by atoms with Crippen molar-refractivity contribution in [2.45, 2.75) is 32.9 Å². The fourth-order valence-corrected chi connectivity index (χ4v) is 4.02. The van der Waals surface area contributed by atoms with Gasteiger partial charge in [0.1, 0.15) is 24.0 Å². The minimum absolute atomic E-state index is 0.110. The molecule has 1 aromatic carbocycles. The molecule has 0 fully saturated rings. The average molecular weight is 455 g/mol. The number of guanidine groups is 1. The van der Waals surface area contributed by atoms with Crippen LogP contribution in [0.4, 0.5) is 20.3 Å². The van der Waals surface area contributed by atoms with E-state index in [9.17, 15) is 8.78 Å². The predicted octanol–water partition coefficient (Wildman–Crippen LogP) is 3.84. The van der Waals surface area contributed by atoms with Crippen LogP contribution in [0.5, 0.6) is 5.75 Å². The van der Waals surface area contributed by atoms with E-state index in [1.807, 2.05) is 30.9 Å². The Hall–Kier alpha value is -3.33. The topological polar surface area (TPSA) is 74.1 Å². The van der Waals surface area contributed by atoms with Gasteiger partial charge in [-0.25, -0.2) is 18.8 Å². The molecule has 3 heterocycles. The molecule has 0 spiro atoms. The van der Waals surface area contributed by atoms with Gasteiger partial charge in [0.15, 0.2) is 11.6 Å². The van der Waals surface area contributed by atoms with Gasteiger partial charge >= 0.3 is 0 Å². The van der Waals surface area contributed by atoms with Crippen molar-refractivity contribution in [3.05, 3.63) is 59.3 Å². The van der Waals surface area contributed by atoms with Crippen LogP contribution in [0.15, 0.2) is 46.7 Å². The Balaban J connectivity index is 1.68. The first kappa shape index (κ1) is 22.8. The summed E-state index contributed by atoms with van der Waals surface area (Å²) in [5.74, 6) is -0.512. The standard InChI is InChI=1S/C24H28F2N6O/c1-14(2)32-9-10-33-23-18(26)11-17(12-20(23)32)22(15(3)25)31-24(27-4)30-21-6-5-16-13-28-8-7-19(16)29-21/h5-6,11-12,14,28H,3,7-10,13H2,1-2,4H3,(H,27,29,30)/b31-22+. The zero-order chi connectivity index (χ0) is 23.5. The van der Waals surface area contributed by atoms with E-state index in [1.165, 1.54) is 13.1 Å². The molecule has 2 aliphatic rings. The van der Waals surface area contributed by atoms with E-state index < -0.39 is 11.6 Å². The summed E-state index contributed by atoms with van der Waals surface area (Å²) in [4.78, 5) is 15.1. The molecule has 0 unspecified atom stereocenters. The molecule has 0 atom stereocenters. The lowest BCUT2D eigenvalue weighted by atomic mass is 10.1. The van der Waals surface area contributed by atoms with Gasteiger partial charge in [-0.05, 0) is 37.6 Å². The van der Waals surface area contributed by atoms with Gasteiger partial charge in [-0.1, -0.05) is 12.6 Å². The first-order valence-electron chi connectivity index (χ1n) is 11.0. The molecule has 2 aliphatic heterocycles. The molecule has 2 aromatic rings.